The molecular formula is C19H21N3O2. The number of rotatable bonds is 5. The fraction of sp³-hybridized carbons (Fsp3) is 0.263. The smallest absolute Gasteiger partial charge is 0.251 e. The minimum absolute atomic E-state index is 0.147. The third-order valence-corrected chi connectivity index (χ3v) is 4.23. The molecule has 1 atom stereocenters. The third kappa shape index (κ3) is 3.74. The van der Waals surface area contributed by atoms with Gasteiger partial charge in [-0.2, -0.15) is 0 Å². The van der Waals surface area contributed by atoms with Crippen LogP contribution in [0.1, 0.15) is 34.8 Å². The van der Waals surface area contributed by atoms with Crippen LogP contribution in [0.2, 0.25) is 0 Å². The predicted molar refractivity (Wildman–Crippen MR) is 93.3 cm³/mol. The second-order valence-corrected chi connectivity index (χ2v) is 6.01. The summed E-state index contributed by atoms with van der Waals surface area (Å²) in [6, 6.07) is 16.4. The molecule has 0 bridgehead atoms. The highest BCUT2D eigenvalue weighted by Gasteiger charge is 2.25. The molecule has 0 saturated carbocycles. The summed E-state index contributed by atoms with van der Waals surface area (Å²) >= 11 is 0. The molecule has 1 heterocycles. The topological polar surface area (TPSA) is 75.4 Å². The zero-order valence-corrected chi connectivity index (χ0v) is 13.4. The largest absolute Gasteiger partial charge is 0.399 e. The SMILES string of the molecule is Nc1cccc(C(=O)NC(CN2CCCC2=O)c2ccccc2)c1. The Bertz CT molecular complexity index is 730. The summed E-state index contributed by atoms with van der Waals surface area (Å²) in [4.78, 5) is 26.3. The molecule has 1 aliphatic rings. The molecule has 5 heteroatoms. The molecule has 5 nitrogen and oxygen atoms in total. The van der Waals surface area contributed by atoms with Gasteiger partial charge in [-0.3, -0.25) is 9.59 Å². The van der Waals surface area contributed by atoms with Crippen LogP contribution < -0.4 is 11.1 Å². The average Bonchev–Trinajstić information content (AvgIpc) is 3.00. The van der Waals surface area contributed by atoms with E-state index in [1.54, 1.807) is 24.3 Å². The standard InChI is InChI=1S/C19H21N3O2/c20-16-9-4-8-15(12-16)19(24)21-17(14-6-2-1-3-7-14)13-22-11-5-10-18(22)23/h1-4,6-9,12,17H,5,10-11,13,20H2,(H,21,24). The minimum atomic E-state index is -0.248. The number of amides is 2. The summed E-state index contributed by atoms with van der Waals surface area (Å²) < 4.78 is 0. The highest BCUT2D eigenvalue weighted by atomic mass is 16.2. The van der Waals surface area contributed by atoms with Crippen molar-refractivity contribution in [1.82, 2.24) is 10.2 Å². The lowest BCUT2D eigenvalue weighted by atomic mass is 10.1. The number of likely N-dealkylation sites (tertiary alicyclic amines) is 1. The highest BCUT2D eigenvalue weighted by molar-refractivity contribution is 5.95. The number of hydrogen-bond donors (Lipinski definition) is 2. The van der Waals surface area contributed by atoms with Crippen LogP contribution in [0.4, 0.5) is 5.69 Å². The average molecular weight is 323 g/mol. The van der Waals surface area contributed by atoms with Crippen molar-refractivity contribution in [3.05, 3.63) is 65.7 Å². The lowest BCUT2D eigenvalue weighted by Gasteiger charge is -2.25. The van der Waals surface area contributed by atoms with Crippen LogP contribution in [-0.2, 0) is 4.79 Å². The number of anilines is 1. The van der Waals surface area contributed by atoms with Gasteiger partial charge in [0.05, 0.1) is 6.04 Å². The van der Waals surface area contributed by atoms with E-state index < -0.39 is 0 Å². The molecule has 3 rings (SSSR count). The Morgan fingerprint density at radius 2 is 1.96 bits per heavy atom. The number of nitrogen functional groups attached to an aromatic ring is 1. The minimum Gasteiger partial charge on any atom is -0.399 e. The van der Waals surface area contributed by atoms with Gasteiger partial charge in [0.2, 0.25) is 5.91 Å². The molecular weight excluding hydrogens is 302 g/mol. The van der Waals surface area contributed by atoms with E-state index in [4.69, 9.17) is 5.73 Å². The number of nitrogens with one attached hydrogen (secondary N) is 1. The maximum absolute atomic E-state index is 12.6. The summed E-state index contributed by atoms with van der Waals surface area (Å²) in [5.41, 5.74) is 7.80. The van der Waals surface area contributed by atoms with E-state index in [0.717, 1.165) is 18.5 Å². The monoisotopic (exact) mass is 323 g/mol. The van der Waals surface area contributed by atoms with Gasteiger partial charge in [-0.25, -0.2) is 0 Å². The van der Waals surface area contributed by atoms with Crippen molar-refractivity contribution in [2.45, 2.75) is 18.9 Å². The van der Waals surface area contributed by atoms with Gasteiger partial charge in [-0.1, -0.05) is 36.4 Å². The number of nitrogens with two attached hydrogens (primary N) is 1. The molecule has 0 radical (unpaired) electrons. The van der Waals surface area contributed by atoms with Crippen LogP contribution in [0.15, 0.2) is 54.6 Å². The summed E-state index contributed by atoms with van der Waals surface area (Å²) in [5.74, 6) is -0.0445. The fourth-order valence-electron chi connectivity index (χ4n) is 2.96. The van der Waals surface area contributed by atoms with Crippen LogP contribution in [0.3, 0.4) is 0 Å². The van der Waals surface area contributed by atoms with Crippen molar-refractivity contribution < 1.29 is 9.59 Å². The van der Waals surface area contributed by atoms with Crippen molar-refractivity contribution in [2.75, 3.05) is 18.8 Å². The number of carbonyl (C=O) groups is 2. The molecule has 124 valence electrons. The van der Waals surface area contributed by atoms with Crippen LogP contribution >= 0.6 is 0 Å². The Morgan fingerprint density at radius 1 is 1.17 bits per heavy atom. The molecule has 1 aliphatic heterocycles. The first-order valence-electron chi connectivity index (χ1n) is 8.12. The van der Waals surface area contributed by atoms with E-state index in [0.29, 0.717) is 24.2 Å². The molecule has 2 aromatic rings. The molecule has 1 fully saturated rings. The van der Waals surface area contributed by atoms with Crippen molar-refractivity contribution >= 4 is 17.5 Å². The van der Waals surface area contributed by atoms with Gasteiger partial charge in [-0.05, 0) is 30.2 Å². The third-order valence-electron chi connectivity index (χ3n) is 4.23. The Morgan fingerprint density at radius 3 is 2.62 bits per heavy atom. The van der Waals surface area contributed by atoms with Gasteiger partial charge in [0.1, 0.15) is 0 Å². The zero-order chi connectivity index (χ0) is 16.9. The Kier molecular flexibility index (Phi) is 4.79. The molecule has 3 N–H and O–H groups in total. The highest BCUT2D eigenvalue weighted by Crippen LogP contribution is 2.19. The fourth-order valence-corrected chi connectivity index (χ4v) is 2.96. The van der Waals surface area contributed by atoms with Crippen LogP contribution in [0.25, 0.3) is 0 Å². The van der Waals surface area contributed by atoms with Crippen LogP contribution in [0.5, 0.6) is 0 Å². The molecule has 1 unspecified atom stereocenters. The number of carbonyl (C=O) groups excluding carboxylic acids is 2. The lowest BCUT2D eigenvalue weighted by Crippen LogP contribution is -2.38. The van der Waals surface area contributed by atoms with E-state index in [2.05, 4.69) is 5.32 Å². The van der Waals surface area contributed by atoms with Crippen LogP contribution in [0, 0.1) is 0 Å². The lowest BCUT2D eigenvalue weighted by molar-refractivity contribution is -0.128. The zero-order valence-electron chi connectivity index (χ0n) is 13.4. The van der Waals surface area contributed by atoms with Gasteiger partial charge in [-0.15, -0.1) is 0 Å². The van der Waals surface area contributed by atoms with Crippen molar-refractivity contribution in [3.63, 3.8) is 0 Å². The van der Waals surface area contributed by atoms with E-state index in [9.17, 15) is 9.59 Å². The quantitative estimate of drug-likeness (QED) is 0.830. The molecule has 2 amide bonds. The summed E-state index contributed by atoms with van der Waals surface area (Å²) in [6.45, 7) is 1.23. The number of hydrogen-bond acceptors (Lipinski definition) is 3. The molecule has 0 aliphatic carbocycles. The Labute approximate surface area is 141 Å². The normalized spacial score (nSPS) is 15.3. The second kappa shape index (κ2) is 7.17. The van der Waals surface area contributed by atoms with E-state index in [1.165, 1.54) is 0 Å². The first-order chi connectivity index (χ1) is 11.6. The van der Waals surface area contributed by atoms with E-state index in [-0.39, 0.29) is 17.9 Å². The van der Waals surface area contributed by atoms with Gasteiger partial charge in [0, 0.05) is 30.8 Å². The molecule has 0 spiro atoms. The maximum Gasteiger partial charge on any atom is 0.251 e. The molecule has 24 heavy (non-hydrogen) atoms. The van der Waals surface area contributed by atoms with E-state index in [1.807, 2.05) is 35.2 Å². The summed E-state index contributed by atoms with van der Waals surface area (Å²) in [5, 5.41) is 3.04. The van der Waals surface area contributed by atoms with Gasteiger partial charge in [0.15, 0.2) is 0 Å². The number of benzene rings is 2. The summed E-state index contributed by atoms with van der Waals surface area (Å²) in [7, 11) is 0. The molecule has 1 saturated heterocycles. The maximum atomic E-state index is 12.6. The van der Waals surface area contributed by atoms with Gasteiger partial charge < -0.3 is 16.0 Å². The van der Waals surface area contributed by atoms with Crippen molar-refractivity contribution in [3.8, 4) is 0 Å². The molecule has 2 aromatic carbocycles. The Hall–Kier alpha value is -2.82. The van der Waals surface area contributed by atoms with Gasteiger partial charge in [0.25, 0.3) is 5.91 Å². The number of nitrogens with zero attached hydrogens (tertiary/aromatic N) is 1. The predicted octanol–water partition coefficient (Wildman–Crippen LogP) is 2.36. The first-order valence-corrected chi connectivity index (χ1v) is 8.12. The van der Waals surface area contributed by atoms with Crippen molar-refractivity contribution in [1.29, 1.82) is 0 Å². The first kappa shape index (κ1) is 16.1. The molecule has 0 aromatic heterocycles. The van der Waals surface area contributed by atoms with Crippen molar-refractivity contribution in [2.24, 2.45) is 0 Å². The Balaban J connectivity index is 1.79. The van der Waals surface area contributed by atoms with Gasteiger partial charge >= 0.3 is 0 Å². The van der Waals surface area contributed by atoms with Crippen LogP contribution in [-0.4, -0.2) is 29.8 Å². The van der Waals surface area contributed by atoms with E-state index >= 15 is 0 Å². The second-order valence-electron chi connectivity index (χ2n) is 6.01. The summed E-state index contributed by atoms with van der Waals surface area (Å²) in [6.07, 6.45) is 1.47.